The number of carbonyl (C=O) groups is 1. The maximum atomic E-state index is 12.7. The molecule has 2 rings (SSSR count). The standard InChI is InChI=1S/C17H19NO3S/c1-3-13-22(20,21)16-12-8-7-11-15(16)17(19)18(2)14-9-5-4-6-10-14/h4-12H,3,13H2,1-2H3. The first-order chi connectivity index (χ1) is 10.5. The van der Waals surface area contributed by atoms with Crippen molar-refractivity contribution in [1.29, 1.82) is 0 Å². The van der Waals surface area contributed by atoms with Crippen LogP contribution in [0, 0.1) is 0 Å². The van der Waals surface area contributed by atoms with Gasteiger partial charge < -0.3 is 4.90 Å². The van der Waals surface area contributed by atoms with Crippen LogP contribution in [0.15, 0.2) is 59.5 Å². The number of para-hydroxylation sites is 1. The van der Waals surface area contributed by atoms with Gasteiger partial charge in [-0.25, -0.2) is 8.42 Å². The SMILES string of the molecule is CCCS(=O)(=O)c1ccccc1C(=O)N(C)c1ccccc1. The zero-order chi connectivity index (χ0) is 16.2. The van der Waals surface area contributed by atoms with Gasteiger partial charge in [-0.15, -0.1) is 0 Å². The Labute approximate surface area is 131 Å². The molecule has 116 valence electrons. The second-order valence-electron chi connectivity index (χ2n) is 5.01. The van der Waals surface area contributed by atoms with E-state index in [9.17, 15) is 13.2 Å². The molecule has 0 saturated heterocycles. The minimum absolute atomic E-state index is 0.0341. The van der Waals surface area contributed by atoms with Crippen LogP contribution in [0.3, 0.4) is 0 Å². The number of benzene rings is 2. The van der Waals surface area contributed by atoms with Gasteiger partial charge in [-0.2, -0.15) is 0 Å². The summed E-state index contributed by atoms with van der Waals surface area (Å²) < 4.78 is 24.7. The Hall–Kier alpha value is -2.14. The van der Waals surface area contributed by atoms with E-state index in [0.29, 0.717) is 6.42 Å². The molecule has 0 aromatic heterocycles. The van der Waals surface area contributed by atoms with Gasteiger partial charge in [0.05, 0.1) is 16.2 Å². The summed E-state index contributed by atoms with van der Waals surface area (Å²) in [6, 6.07) is 15.5. The Morgan fingerprint density at radius 1 is 1.00 bits per heavy atom. The third-order valence-electron chi connectivity index (χ3n) is 3.37. The number of rotatable bonds is 5. The zero-order valence-electron chi connectivity index (χ0n) is 12.7. The molecule has 0 atom stereocenters. The van der Waals surface area contributed by atoms with E-state index in [2.05, 4.69) is 0 Å². The van der Waals surface area contributed by atoms with Crippen molar-refractivity contribution in [3.63, 3.8) is 0 Å². The molecule has 0 aliphatic heterocycles. The first kappa shape index (κ1) is 16.2. The predicted octanol–water partition coefficient (Wildman–Crippen LogP) is 3.15. The Bertz CT molecular complexity index is 754. The van der Waals surface area contributed by atoms with E-state index in [1.54, 1.807) is 44.3 Å². The second kappa shape index (κ2) is 6.75. The van der Waals surface area contributed by atoms with Crippen molar-refractivity contribution in [2.45, 2.75) is 18.2 Å². The molecule has 0 spiro atoms. The summed E-state index contributed by atoms with van der Waals surface area (Å²) >= 11 is 0. The smallest absolute Gasteiger partial charge is 0.259 e. The molecule has 0 aliphatic carbocycles. The van der Waals surface area contributed by atoms with E-state index in [-0.39, 0.29) is 22.1 Å². The number of hydrogen-bond donors (Lipinski definition) is 0. The van der Waals surface area contributed by atoms with Crippen LogP contribution in [-0.4, -0.2) is 27.1 Å². The fourth-order valence-electron chi connectivity index (χ4n) is 2.24. The molecule has 4 nitrogen and oxygen atoms in total. The highest BCUT2D eigenvalue weighted by Crippen LogP contribution is 2.22. The average Bonchev–Trinajstić information content (AvgIpc) is 2.54. The van der Waals surface area contributed by atoms with Gasteiger partial charge in [-0.1, -0.05) is 37.3 Å². The zero-order valence-corrected chi connectivity index (χ0v) is 13.5. The number of anilines is 1. The highest BCUT2D eigenvalue weighted by Gasteiger charge is 2.23. The second-order valence-corrected chi connectivity index (χ2v) is 7.09. The number of sulfone groups is 1. The van der Waals surface area contributed by atoms with Gasteiger partial charge in [0.2, 0.25) is 0 Å². The summed E-state index contributed by atoms with van der Waals surface area (Å²) in [6.45, 7) is 1.80. The third-order valence-corrected chi connectivity index (χ3v) is 5.35. The lowest BCUT2D eigenvalue weighted by Crippen LogP contribution is -2.28. The molecule has 0 saturated carbocycles. The lowest BCUT2D eigenvalue weighted by molar-refractivity contribution is 0.0990. The van der Waals surface area contributed by atoms with Crippen LogP contribution in [0.2, 0.25) is 0 Å². The molecule has 22 heavy (non-hydrogen) atoms. The Kier molecular flexibility index (Phi) is 4.98. The molecule has 0 radical (unpaired) electrons. The minimum Gasteiger partial charge on any atom is -0.311 e. The van der Waals surface area contributed by atoms with E-state index in [0.717, 1.165) is 5.69 Å². The van der Waals surface area contributed by atoms with E-state index >= 15 is 0 Å². The molecule has 0 unspecified atom stereocenters. The molecule has 1 amide bonds. The molecule has 0 N–H and O–H groups in total. The predicted molar refractivity (Wildman–Crippen MR) is 88.0 cm³/mol. The van der Waals surface area contributed by atoms with Crippen molar-refractivity contribution < 1.29 is 13.2 Å². The Morgan fingerprint density at radius 2 is 1.59 bits per heavy atom. The molecular formula is C17H19NO3S. The quantitative estimate of drug-likeness (QED) is 0.851. The fourth-order valence-corrected chi connectivity index (χ4v) is 3.78. The Balaban J connectivity index is 2.43. The van der Waals surface area contributed by atoms with Crippen molar-refractivity contribution in [3.8, 4) is 0 Å². The monoisotopic (exact) mass is 317 g/mol. The summed E-state index contributed by atoms with van der Waals surface area (Å²) in [6.07, 6.45) is 0.513. The van der Waals surface area contributed by atoms with Gasteiger partial charge in [0.25, 0.3) is 5.91 Å². The van der Waals surface area contributed by atoms with Gasteiger partial charge in [0, 0.05) is 12.7 Å². The van der Waals surface area contributed by atoms with E-state index < -0.39 is 9.84 Å². The highest BCUT2D eigenvalue weighted by molar-refractivity contribution is 7.91. The lowest BCUT2D eigenvalue weighted by atomic mass is 10.2. The summed E-state index contributed by atoms with van der Waals surface area (Å²) in [5.41, 5.74) is 0.928. The average molecular weight is 317 g/mol. The lowest BCUT2D eigenvalue weighted by Gasteiger charge is -2.19. The van der Waals surface area contributed by atoms with Crippen LogP contribution in [-0.2, 0) is 9.84 Å². The highest BCUT2D eigenvalue weighted by atomic mass is 32.2. The molecular weight excluding hydrogens is 298 g/mol. The van der Waals surface area contributed by atoms with Crippen LogP contribution in [0.5, 0.6) is 0 Å². The first-order valence-electron chi connectivity index (χ1n) is 7.12. The Morgan fingerprint density at radius 3 is 2.23 bits per heavy atom. The van der Waals surface area contributed by atoms with E-state index in [1.807, 2.05) is 18.2 Å². The van der Waals surface area contributed by atoms with Crippen LogP contribution < -0.4 is 4.90 Å². The third kappa shape index (κ3) is 3.36. The van der Waals surface area contributed by atoms with Crippen molar-refractivity contribution in [2.75, 3.05) is 17.7 Å². The summed E-state index contributed by atoms with van der Waals surface area (Å²) in [7, 11) is -1.81. The normalized spacial score (nSPS) is 11.2. The van der Waals surface area contributed by atoms with Crippen molar-refractivity contribution >= 4 is 21.4 Å². The first-order valence-corrected chi connectivity index (χ1v) is 8.77. The van der Waals surface area contributed by atoms with Gasteiger partial charge >= 0.3 is 0 Å². The van der Waals surface area contributed by atoms with Crippen LogP contribution in [0.1, 0.15) is 23.7 Å². The molecule has 2 aromatic rings. The summed E-state index contributed by atoms with van der Waals surface area (Å²) in [4.78, 5) is 14.2. The van der Waals surface area contributed by atoms with Crippen molar-refractivity contribution in [3.05, 3.63) is 60.2 Å². The summed E-state index contributed by atoms with van der Waals surface area (Å²) in [5, 5.41) is 0. The largest absolute Gasteiger partial charge is 0.311 e. The number of amides is 1. The molecule has 0 aliphatic rings. The number of hydrogen-bond acceptors (Lipinski definition) is 3. The van der Waals surface area contributed by atoms with Crippen molar-refractivity contribution in [1.82, 2.24) is 0 Å². The molecule has 2 aromatic carbocycles. The van der Waals surface area contributed by atoms with Gasteiger partial charge in [-0.3, -0.25) is 4.79 Å². The van der Waals surface area contributed by atoms with Gasteiger partial charge in [-0.05, 0) is 30.7 Å². The maximum absolute atomic E-state index is 12.7. The van der Waals surface area contributed by atoms with Gasteiger partial charge in [0.15, 0.2) is 9.84 Å². The van der Waals surface area contributed by atoms with Crippen LogP contribution >= 0.6 is 0 Å². The van der Waals surface area contributed by atoms with E-state index in [1.165, 1.54) is 11.0 Å². The van der Waals surface area contributed by atoms with Crippen molar-refractivity contribution in [2.24, 2.45) is 0 Å². The minimum atomic E-state index is -3.45. The van der Waals surface area contributed by atoms with Gasteiger partial charge in [0.1, 0.15) is 0 Å². The molecule has 0 fully saturated rings. The molecule has 0 bridgehead atoms. The topological polar surface area (TPSA) is 54.5 Å². The molecule has 0 heterocycles. The summed E-state index contributed by atoms with van der Waals surface area (Å²) in [5.74, 6) is -0.298. The molecule has 5 heteroatoms. The maximum Gasteiger partial charge on any atom is 0.259 e. The van der Waals surface area contributed by atoms with E-state index in [4.69, 9.17) is 0 Å². The fraction of sp³-hybridized carbons (Fsp3) is 0.235. The number of nitrogens with zero attached hydrogens (tertiary/aromatic N) is 1. The van der Waals surface area contributed by atoms with Crippen LogP contribution in [0.25, 0.3) is 0 Å². The number of carbonyl (C=O) groups excluding carboxylic acids is 1. The van der Waals surface area contributed by atoms with Crippen LogP contribution in [0.4, 0.5) is 5.69 Å².